The van der Waals surface area contributed by atoms with E-state index in [1.54, 1.807) is 10.9 Å². The predicted molar refractivity (Wildman–Crippen MR) is 126 cm³/mol. The molecule has 0 aliphatic carbocycles. The molecule has 4 heterocycles. The first-order chi connectivity index (χ1) is 16.2. The molecule has 0 unspecified atom stereocenters. The number of benzene rings is 1. The van der Waals surface area contributed by atoms with Crippen LogP contribution in [0.4, 0.5) is 0 Å². The molecule has 0 saturated carbocycles. The summed E-state index contributed by atoms with van der Waals surface area (Å²) in [5.41, 5.74) is 1.65. The minimum absolute atomic E-state index is 0.0905. The van der Waals surface area contributed by atoms with Gasteiger partial charge in [0.15, 0.2) is 5.65 Å². The lowest BCUT2D eigenvalue weighted by molar-refractivity contribution is -0.133. The van der Waals surface area contributed by atoms with Gasteiger partial charge in [0.25, 0.3) is 0 Å². The highest BCUT2D eigenvalue weighted by Crippen LogP contribution is 2.26. The van der Waals surface area contributed by atoms with Crippen molar-refractivity contribution in [2.45, 2.75) is 17.9 Å². The molecule has 2 saturated heterocycles. The lowest BCUT2D eigenvalue weighted by Crippen LogP contribution is -2.51. The lowest BCUT2D eigenvalue weighted by atomic mass is 10.3. The monoisotopic (exact) mass is 465 g/mol. The Hall–Kier alpha value is -2.98. The first kappa shape index (κ1) is 21.8. The molecule has 2 aromatic heterocycles. The summed E-state index contributed by atoms with van der Waals surface area (Å²) in [6, 6.07) is 9.83. The predicted octanol–water partition coefficient (Wildman–Crippen LogP) is 1.67. The van der Waals surface area contributed by atoms with Gasteiger partial charge in [0.05, 0.1) is 29.6 Å². The second-order valence-corrected chi connectivity index (χ2v) is 9.31. The van der Waals surface area contributed by atoms with Gasteiger partial charge in [-0.3, -0.25) is 14.5 Å². The van der Waals surface area contributed by atoms with Crippen molar-refractivity contribution in [3.8, 4) is 5.69 Å². The van der Waals surface area contributed by atoms with Crippen LogP contribution in [0.25, 0.3) is 16.7 Å². The Labute approximate surface area is 196 Å². The fourth-order valence-electron chi connectivity index (χ4n) is 4.33. The maximum absolute atomic E-state index is 12.8. The van der Waals surface area contributed by atoms with Crippen LogP contribution in [0.5, 0.6) is 0 Å². The Morgan fingerprint density at radius 2 is 1.61 bits per heavy atom. The quantitative estimate of drug-likeness (QED) is 0.404. The highest BCUT2D eigenvalue weighted by atomic mass is 32.2. The highest BCUT2D eigenvalue weighted by molar-refractivity contribution is 8.00. The van der Waals surface area contributed by atoms with E-state index in [0.717, 1.165) is 60.8 Å². The summed E-state index contributed by atoms with van der Waals surface area (Å²) >= 11 is 1.42. The number of carbonyl (C=O) groups excluding carboxylic acids is 2. The second kappa shape index (κ2) is 9.88. The van der Waals surface area contributed by atoms with Gasteiger partial charge in [0.1, 0.15) is 11.4 Å². The molecule has 172 valence electrons. The van der Waals surface area contributed by atoms with Gasteiger partial charge >= 0.3 is 0 Å². The minimum Gasteiger partial charge on any atom is -0.342 e. The maximum Gasteiger partial charge on any atom is 0.236 e. The summed E-state index contributed by atoms with van der Waals surface area (Å²) in [6.07, 6.45) is 5.49. The van der Waals surface area contributed by atoms with E-state index in [4.69, 9.17) is 0 Å². The van der Waals surface area contributed by atoms with Gasteiger partial charge in [0, 0.05) is 39.3 Å². The molecule has 1 aromatic carbocycles. The number of fused-ring (bicyclic) bond motifs is 1. The van der Waals surface area contributed by atoms with Crippen LogP contribution in [0.3, 0.4) is 0 Å². The largest absolute Gasteiger partial charge is 0.342 e. The average Bonchev–Trinajstić information content (AvgIpc) is 3.54. The van der Waals surface area contributed by atoms with E-state index >= 15 is 0 Å². The number of rotatable bonds is 6. The molecule has 0 atom stereocenters. The molecule has 33 heavy (non-hydrogen) atoms. The standard InChI is InChI=1S/C23H27N7O2S/c31-20(28-8-4-5-9-28)15-27-10-12-29(13-11-27)21(32)16-33-23-19-14-26-30(22(19)24-17-25-23)18-6-2-1-3-7-18/h1-3,6-7,14,17H,4-5,8-13,15-16H2. The number of carbonyl (C=O) groups is 2. The van der Waals surface area contributed by atoms with Gasteiger partial charge < -0.3 is 9.80 Å². The smallest absolute Gasteiger partial charge is 0.236 e. The van der Waals surface area contributed by atoms with Crippen LogP contribution in [0.15, 0.2) is 47.9 Å². The Kier molecular flexibility index (Phi) is 6.54. The van der Waals surface area contributed by atoms with Crippen molar-refractivity contribution >= 4 is 34.6 Å². The van der Waals surface area contributed by atoms with Crippen molar-refractivity contribution in [3.63, 3.8) is 0 Å². The van der Waals surface area contributed by atoms with Crippen molar-refractivity contribution in [1.29, 1.82) is 0 Å². The van der Waals surface area contributed by atoms with Crippen LogP contribution in [-0.2, 0) is 9.59 Å². The minimum atomic E-state index is 0.0905. The van der Waals surface area contributed by atoms with Crippen molar-refractivity contribution in [1.82, 2.24) is 34.4 Å². The molecule has 10 heteroatoms. The molecule has 0 bridgehead atoms. The highest BCUT2D eigenvalue weighted by Gasteiger charge is 2.25. The van der Waals surface area contributed by atoms with Crippen LogP contribution >= 0.6 is 11.8 Å². The third-order valence-corrected chi connectivity index (χ3v) is 7.20. The zero-order valence-electron chi connectivity index (χ0n) is 18.5. The third-order valence-electron chi connectivity index (χ3n) is 6.21. The first-order valence-electron chi connectivity index (χ1n) is 11.3. The van der Waals surface area contributed by atoms with E-state index in [1.807, 2.05) is 40.1 Å². The fraction of sp³-hybridized carbons (Fsp3) is 0.435. The molecule has 0 N–H and O–H groups in total. The molecule has 3 aromatic rings. The van der Waals surface area contributed by atoms with Crippen LogP contribution in [0.2, 0.25) is 0 Å². The summed E-state index contributed by atoms with van der Waals surface area (Å²) in [4.78, 5) is 40.0. The topological polar surface area (TPSA) is 87.5 Å². The Morgan fingerprint density at radius 3 is 2.36 bits per heavy atom. The molecule has 0 spiro atoms. The molecule has 2 fully saturated rings. The van der Waals surface area contributed by atoms with Gasteiger partial charge in [0.2, 0.25) is 11.8 Å². The van der Waals surface area contributed by atoms with E-state index in [0.29, 0.717) is 25.4 Å². The molecule has 5 rings (SSSR count). The summed E-state index contributed by atoms with van der Waals surface area (Å²) in [6.45, 7) is 5.00. The number of thioether (sulfide) groups is 1. The van der Waals surface area contributed by atoms with Gasteiger partial charge in [-0.25, -0.2) is 14.6 Å². The van der Waals surface area contributed by atoms with E-state index in [9.17, 15) is 9.59 Å². The van der Waals surface area contributed by atoms with Gasteiger partial charge in [-0.05, 0) is 25.0 Å². The van der Waals surface area contributed by atoms with Gasteiger partial charge in [-0.2, -0.15) is 5.10 Å². The SMILES string of the molecule is O=C(CSc1ncnc2c1cnn2-c1ccccc1)N1CCN(CC(=O)N2CCCC2)CC1. The molecule has 2 aliphatic heterocycles. The average molecular weight is 466 g/mol. The van der Waals surface area contributed by atoms with Gasteiger partial charge in [-0.1, -0.05) is 30.0 Å². The summed E-state index contributed by atoms with van der Waals surface area (Å²) in [5.74, 6) is 0.620. The molecular formula is C23H27N7O2S. The van der Waals surface area contributed by atoms with Crippen LogP contribution in [0.1, 0.15) is 12.8 Å². The third kappa shape index (κ3) is 4.86. The number of amides is 2. The number of hydrogen-bond donors (Lipinski definition) is 0. The number of aromatic nitrogens is 4. The maximum atomic E-state index is 12.8. The fourth-order valence-corrected chi connectivity index (χ4v) is 5.19. The molecular weight excluding hydrogens is 438 g/mol. The number of para-hydroxylation sites is 1. The normalized spacial score (nSPS) is 17.1. The molecule has 9 nitrogen and oxygen atoms in total. The number of piperazine rings is 1. The van der Waals surface area contributed by atoms with Crippen LogP contribution < -0.4 is 0 Å². The summed E-state index contributed by atoms with van der Waals surface area (Å²) in [7, 11) is 0. The number of hydrogen-bond acceptors (Lipinski definition) is 7. The zero-order chi connectivity index (χ0) is 22.6. The van der Waals surface area contributed by atoms with Crippen molar-refractivity contribution < 1.29 is 9.59 Å². The van der Waals surface area contributed by atoms with Gasteiger partial charge in [-0.15, -0.1) is 0 Å². The molecule has 2 aliphatic rings. The van der Waals surface area contributed by atoms with E-state index < -0.39 is 0 Å². The van der Waals surface area contributed by atoms with E-state index in [2.05, 4.69) is 20.0 Å². The molecule has 0 radical (unpaired) electrons. The second-order valence-electron chi connectivity index (χ2n) is 8.34. The zero-order valence-corrected chi connectivity index (χ0v) is 19.3. The number of likely N-dealkylation sites (tertiary alicyclic amines) is 1. The number of nitrogens with zero attached hydrogens (tertiary/aromatic N) is 7. The van der Waals surface area contributed by atoms with Crippen molar-refractivity contribution in [2.75, 3.05) is 51.6 Å². The Balaban J connectivity index is 1.16. The summed E-state index contributed by atoms with van der Waals surface area (Å²) < 4.78 is 1.78. The lowest BCUT2D eigenvalue weighted by Gasteiger charge is -2.35. The van der Waals surface area contributed by atoms with Crippen LogP contribution in [-0.4, -0.2) is 97.8 Å². The molecule has 2 amide bonds. The van der Waals surface area contributed by atoms with Crippen molar-refractivity contribution in [3.05, 3.63) is 42.9 Å². The summed E-state index contributed by atoms with van der Waals surface area (Å²) in [5, 5.41) is 6.06. The van der Waals surface area contributed by atoms with Crippen LogP contribution in [0, 0.1) is 0 Å². The Bertz CT molecular complexity index is 1120. The Morgan fingerprint density at radius 1 is 0.879 bits per heavy atom. The van der Waals surface area contributed by atoms with Crippen molar-refractivity contribution in [2.24, 2.45) is 0 Å². The first-order valence-corrected chi connectivity index (χ1v) is 12.3. The van der Waals surface area contributed by atoms with E-state index in [-0.39, 0.29) is 11.8 Å². The van der Waals surface area contributed by atoms with E-state index in [1.165, 1.54) is 18.1 Å².